The summed E-state index contributed by atoms with van der Waals surface area (Å²) in [6.45, 7) is 8.71. The van der Waals surface area contributed by atoms with Crippen LogP contribution >= 0.6 is 0 Å². The van der Waals surface area contributed by atoms with E-state index in [0.717, 1.165) is 0 Å². The summed E-state index contributed by atoms with van der Waals surface area (Å²) >= 11 is 0. The highest BCUT2D eigenvalue weighted by Crippen LogP contribution is 2.36. The smallest absolute Gasteiger partial charge is 0.334 e. The van der Waals surface area contributed by atoms with E-state index in [-0.39, 0.29) is 18.6 Å². The third kappa shape index (κ3) is 4.31. The predicted octanol–water partition coefficient (Wildman–Crippen LogP) is 1.98. The van der Waals surface area contributed by atoms with Gasteiger partial charge in [0.25, 0.3) is 0 Å². The molecule has 1 saturated heterocycles. The summed E-state index contributed by atoms with van der Waals surface area (Å²) in [6, 6.07) is 0. The molecule has 0 bridgehead atoms. The van der Waals surface area contributed by atoms with Crippen LogP contribution in [0.3, 0.4) is 0 Å². The number of aliphatic hydroxyl groups excluding tert-OH is 2. The van der Waals surface area contributed by atoms with Crippen molar-refractivity contribution in [3.05, 3.63) is 47.1 Å². The Morgan fingerprint density at radius 3 is 2.81 bits per heavy atom. The molecule has 4 atom stereocenters. The van der Waals surface area contributed by atoms with Gasteiger partial charge < -0.3 is 19.7 Å². The van der Waals surface area contributed by atoms with Gasteiger partial charge in [-0.25, -0.2) is 9.59 Å². The van der Waals surface area contributed by atoms with Crippen molar-refractivity contribution in [2.75, 3.05) is 6.61 Å². The highest BCUT2D eigenvalue weighted by Gasteiger charge is 2.44. The highest BCUT2D eigenvalue weighted by atomic mass is 16.6. The molecule has 1 fully saturated rings. The monoisotopic (exact) mass is 362 g/mol. The predicted molar refractivity (Wildman–Crippen MR) is 96.0 cm³/mol. The molecule has 0 radical (unpaired) electrons. The van der Waals surface area contributed by atoms with Crippen LogP contribution in [0.15, 0.2) is 47.1 Å². The zero-order valence-electron chi connectivity index (χ0n) is 15.4. The first-order valence-corrected chi connectivity index (χ1v) is 8.67. The van der Waals surface area contributed by atoms with Crippen LogP contribution in [0.4, 0.5) is 0 Å². The number of hydrogen-bond acceptors (Lipinski definition) is 6. The zero-order chi connectivity index (χ0) is 19.4. The molecule has 26 heavy (non-hydrogen) atoms. The topological polar surface area (TPSA) is 93.1 Å². The number of carbonyl (C=O) groups excluding carboxylic acids is 2. The van der Waals surface area contributed by atoms with Crippen LogP contribution in [0.5, 0.6) is 0 Å². The van der Waals surface area contributed by atoms with E-state index in [2.05, 4.69) is 6.58 Å². The summed E-state index contributed by atoms with van der Waals surface area (Å²) in [6.07, 6.45) is 3.50. The van der Waals surface area contributed by atoms with Crippen molar-refractivity contribution in [1.82, 2.24) is 0 Å². The SMILES string of the molecule is C=C1C(=O)O[C@@H]2/C=C(/C)[C@H](O)C/C=C(/CO)C[C@@H](OC(=O)/C(C)=C/C)[C@@H]12. The van der Waals surface area contributed by atoms with E-state index in [0.29, 0.717) is 23.1 Å². The summed E-state index contributed by atoms with van der Waals surface area (Å²) in [7, 11) is 0. The van der Waals surface area contributed by atoms with Crippen LogP contribution in [0.25, 0.3) is 0 Å². The average Bonchev–Trinajstić information content (AvgIpc) is 2.89. The number of hydrogen-bond donors (Lipinski definition) is 2. The Morgan fingerprint density at radius 1 is 1.50 bits per heavy atom. The fourth-order valence-corrected chi connectivity index (χ4v) is 3.08. The van der Waals surface area contributed by atoms with Gasteiger partial charge in [-0.2, -0.15) is 0 Å². The Balaban J connectivity index is 2.45. The standard InChI is InChI=1S/C20H26O6/c1-5-11(2)19(23)25-17-9-14(10-21)6-7-15(22)12(3)8-16-18(17)13(4)20(24)26-16/h5-6,8,15-18,21-22H,4,7,9-10H2,1-3H3/b11-5+,12-8-,14-6+/t15-,16-,17-,18+/m1/s1. The van der Waals surface area contributed by atoms with E-state index in [4.69, 9.17) is 9.47 Å². The van der Waals surface area contributed by atoms with E-state index in [1.54, 1.807) is 39.0 Å². The Labute approximate surface area is 153 Å². The molecule has 0 aromatic carbocycles. The molecule has 1 aliphatic heterocycles. The molecule has 0 aromatic heterocycles. The van der Waals surface area contributed by atoms with Gasteiger partial charge in [0.1, 0.15) is 12.2 Å². The van der Waals surface area contributed by atoms with Crippen LogP contribution in [0.1, 0.15) is 33.6 Å². The lowest BCUT2D eigenvalue weighted by Gasteiger charge is -2.28. The molecule has 0 saturated carbocycles. The summed E-state index contributed by atoms with van der Waals surface area (Å²) in [5.74, 6) is -1.61. The fourth-order valence-electron chi connectivity index (χ4n) is 3.08. The largest absolute Gasteiger partial charge is 0.458 e. The molecule has 0 amide bonds. The minimum atomic E-state index is -0.742. The molecule has 2 N–H and O–H groups in total. The minimum absolute atomic E-state index is 0.224. The van der Waals surface area contributed by atoms with E-state index in [1.165, 1.54) is 0 Å². The summed E-state index contributed by atoms with van der Waals surface area (Å²) in [5, 5.41) is 19.9. The number of esters is 2. The van der Waals surface area contributed by atoms with Crippen molar-refractivity contribution in [2.45, 2.75) is 51.9 Å². The van der Waals surface area contributed by atoms with Gasteiger partial charge in [0.15, 0.2) is 0 Å². The number of aliphatic hydroxyl groups is 2. The lowest BCUT2D eigenvalue weighted by atomic mass is 9.85. The Bertz CT molecular complexity index is 684. The minimum Gasteiger partial charge on any atom is -0.458 e. The maximum Gasteiger partial charge on any atom is 0.334 e. The van der Waals surface area contributed by atoms with Gasteiger partial charge in [0.05, 0.1) is 18.6 Å². The zero-order valence-corrected chi connectivity index (χ0v) is 15.4. The number of fused-ring (bicyclic) bond motifs is 1. The van der Waals surface area contributed by atoms with Crippen LogP contribution < -0.4 is 0 Å². The van der Waals surface area contributed by atoms with Crippen LogP contribution in [0.2, 0.25) is 0 Å². The van der Waals surface area contributed by atoms with Crippen molar-refractivity contribution < 1.29 is 29.3 Å². The van der Waals surface area contributed by atoms with E-state index in [9.17, 15) is 19.8 Å². The summed E-state index contributed by atoms with van der Waals surface area (Å²) in [4.78, 5) is 24.4. The quantitative estimate of drug-likeness (QED) is 0.453. The fraction of sp³-hybridized carbons (Fsp3) is 0.500. The van der Waals surface area contributed by atoms with Gasteiger partial charge in [0, 0.05) is 17.6 Å². The van der Waals surface area contributed by atoms with Gasteiger partial charge in [-0.3, -0.25) is 0 Å². The molecule has 0 aromatic rings. The molecular weight excluding hydrogens is 336 g/mol. The van der Waals surface area contributed by atoms with Gasteiger partial charge in [-0.1, -0.05) is 18.7 Å². The molecule has 1 heterocycles. The third-order valence-electron chi connectivity index (χ3n) is 4.92. The summed E-state index contributed by atoms with van der Waals surface area (Å²) in [5.41, 5.74) is 1.95. The van der Waals surface area contributed by atoms with Gasteiger partial charge in [-0.05, 0) is 44.4 Å². The molecule has 0 spiro atoms. The molecular formula is C20H26O6. The van der Waals surface area contributed by atoms with Gasteiger partial charge >= 0.3 is 11.9 Å². The molecule has 6 nitrogen and oxygen atoms in total. The van der Waals surface area contributed by atoms with Crippen LogP contribution in [0, 0.1) is 5.92 Å². The molecule has 6 heteroatoms. The maximum absolute atomic E-state index is 12.3. The molecule has 2 rings (SSSR count). The van der Waals surface area contributed by atoms with Crippen molar-refractivity contribution in [2.24, 2.45) is 5.92 Å². The highest BCUT2D eigenvalue weighted by molar-refractivity contribution is 5.92. The lowest BCUT2D eigenvalue weighted by Crippen LogP contribution is -2.34. The first kappa shape index (κ1) is 20.1. The molecule has 2 aliphatic rings. The molecule has 0 unspecified atom stereocenters. The number of rotatable bonds is 3. The van der Waals surface area contributed by atoms with Crippen molar-refractivity contribution in [3.8, 4) is 0 Å². The Kier molecular flexibility index (Phi) is 6.56. The second-order valence-corrected chi connectivity index (χ2v) is 6.72. The lowest BCUT2D eigenvalue weighted by molar-refractivity contribution is -0.147. The second-order valence-electron chi connectivity index (χ2n) is 6.72. The van der Waals surface area contributed by atoms with Crippen LogP contribution in [-0.4, -0.2) is 47.1 Å². The molecule has 142 valence electrons. The summed E-state index contributed by atoms with van der Waals surface area (Å²) < 4.78 is 11.0. The Hall–Kier alpha value is -2.18. The Morgan fingerprint density at radius 2 is 2.19 bits per heavy atom. The molecule has 1 aliphatic carbocycles. The van der Waals surface area contributed by atoms with E-state index < -0.39 is 36.2 Å². The van der Waals surface area contributed by atoms with E-state index >= 15 is 0 Å². The normalized spacial score (nSPS) is 34.1. The van der Waals surface area contributed by atoms with E-state index in [1.807, 2.05) is 0 Å². The van der Waals surface area contributed by atoms with Crippen molar-refractivity contribution in [1.29, 1.82) is 0 Å². The van der Waals surface area contributed by atoms with Crippen LogP contribution in [-0.2, 0) is 19.1 Å². The number of ether oxygens (including phenoxy) is 2. The second kappa shape index (κ2) is 8.47. The first-order chi connectivity index (χ1) is 12.3. The number of carbonyl (C=O) groups is 2. The number of allylic oxidation sites excluding steroid dienone is 1. The van der Waals surface area contributed by atoms with Gasteiger partial charge in [-0.15, -0.1) is 0 Å². The van der Waals surface area contributed by atoms with Crippen molar-refractivity contribution in [3.63, 3.8) is 0 Å². The first-order valence-electron chi connectivity index (χ1n) is 8.67. The third-order valence-corrected chi connectivity index (χ3v) is 4.92. The average molecular weight is 362 g/mol. The van der Waals surface area contributed by atoms with Gasteiger partial charge in [0.2, 0.25) is 0 Å². The van der Waals surface area contributed by atoms with Crippen molar-refractivity contribution >= 4 is 11.9 Å². The maximum atomic E-state index is 12.3.